The zero-order valence-electron chi connectivity index (χ0n) is 14.0. The summed E-state index contributed by atoms with van der Waals surface area (Å²) in [6, 6.07) is 0. The van der Waals surface area contributed by atoms with Crippen molar-refractivity contribution < 1.29 is 0 Å². The Morgan fingerprint density at radius 1 is 1.40 bits per heavy atom. The van der Waals surface area contributed by atoms with E-state index in [4.69, 9.17) is 0 Å². The summed E-state index contributed by atoms with van der Waals surface area (Å²) in [7, 11) is 0. The average molecular weight is 272 g/mol. The van der Waals surface area contributed by atoms with Crippen LogP contribution in [0.1, 0.15) is 72.6 Å². The third-order valence-electron chi connectivity index (χ3n) is 5.89. The van der Waals surface area contributed by atoms with Crippen LogP contribution in [0.2, 0.25) is 0 Å². The summed E-state index contributed by atoms with van der Waals surface area (Å²) in [6.07, 6.45) is 14.0. The second-order valence-corrected chi connectivity index (χ2v) is 7.50. The molecule has 0 saturated heterocycles. The van der Waals surface area contributed by atoms with E-state index in [1.54, 1.807) is 5.57 Å². The van der Waals surface area contributed by atoms with Crippen LogP contribution in [-0.2, 0) is 0 Å². The van der Waals surface area contributed by atoms with Crippen LogP contribution in [0.15, 0.2) is 35.5 Å². The summed E-state index contributed by atoms with van der Waals surface area (Å²) in [5.41, 5.74) is 5.11. The third-order valence-corrected chi connectivity index (χ3v) is 5.89. The zero-order valence-corrected chi connectivity index (χ0v) is 14.0. The van der Waals surface area contributed by atoms with E-state index >= 15 is 0 Å². The summed E-state index contributed by atoms with van der Waals surface area (Å²) in [5.74, 6) is 1.64. The highest BCUT2D eigenvalue weighted by molar-refractivity contribution is 5.19. The standard InChI is InChI=1S/C20H32/c1-15(2)7-6-8-17(4)19-10-9-18(5)20(19)13-11-16(3)12-14-20/h7,11,18-19H,4,6,8-10,12-14H2,1-3,5H3/t18-,19+,20-/m1/s1. The predicted molar refractivity (Wildman–Crippen MR) is 89.7 cm³/mol. The first-order valence-electron chi connectivity index (χ1n) is 8.42. The van der Waals surface area contributed by atoms with Crippen molar-refractivity contribution in [3.8, 4) is 0 Å². The average Bonchev–Trinajstić information content (AvgIpc) is 2.70. The number of hydrogen-bond acceptors (Lipinski definition) is 0. The summed E-state index contributed by atoms with van der Waals surface area (Å²) in [4.78, 5) is 0. The van der Waals surface area contributed by atoms with Gasteiger partial charge in [-0.15, -0.1) is 0 Å². The van der Waals surface area contributed by atoms with E-state index in [1.165, 1.54) is 56.1 Å². The lowest BCUT2D eigenvalue weighted by Crippen LogP contribution is -2.33. The largest absolute Gasteiger partial charge is 0.0995 e. The minimum atomic E-state index is 0.543. The fraction of sp³-hybridized carbons (Fsp3) is 0.700. The van der Waals surface area contributed by atoms with Crippen molar-refractivity contribution in [2.75, 3.05) is 0 Å². The molecule has 20 heavy (non-hydrogen) atoms. The molecule has 2 aliphatic rings. The van der Waals surface area contributed by atoms with Crippen molar-refractivity contribution in [2.45, 2.75) is 72.6 Å². The topological polar surface area (TPSA) is 0 Å². The lowest BCUT2D eigenvalue weighted by Gasteiger charge is -2.42. The minimum Gasteiger partial charge on any atom is -0.0995 e. The Bertz CT molecular complexity index is 419. The van der Waals surface area contributed by atoms with Gasteiger partial charge < -0.3 is 0 Å². The second-order valence-electron chi connectivity index (χ2n) is 7.50. The molecule has 0 aromatic carbocycles. The highest BCUT2D eigenvalue weighted by atomic mass is 14.5. The smallest absolute Gasteiger partial charge is 0.0143 e. The Kier molecular flexibility index (Phi) is 4.94. The van der Waals surface area contributed by atoms with Crippen molar-refractivity contribution in [1.29, 1.82) is 0 Å². The van der Waals surface area contributed by atoms with E-state index in [0.29, 0.717) is 5.41 Å². The molecule has 1 spiro atoms. The van der Waals surface area contributed by atoms with E-state index in [-0.39, 0.29) is 0 Å². The molecule has 0 aromatic rings. The van der Waals surface area contributed by atoms with Crippen LogP contribution >= 0.6 is 0 Å². The molecule has 0 amide bonds. The number of hydrogen-bond donors (Lipinski definition) is 0. The van der Waals surface area contributed by atoms with Gasteiger partial charge in [-0.3, -0.25) is 0 Å². The summed E-state index contributed by atoms with van der Waals surface area (Å²) in [5, 5.41) is 0. The van der Waals surface area contributed by atoms with Gasteiger partial charge in [0.05, 0.1) is 0 Å². The molecule has 0 aromatic heterocycles. The van der Waals surface area contributed by atoms with Gasteiger partial charge in [0.15, 0.2) is 0 Å². The predicted octanol–water partition coefficient (Wildman–Crippen LogP) is 6.45. The summed E-state index contributed by atoms with van der Waals surface area (Å²) in [6.45, 7) is 13.6. The van der Waals surface area contributed by atoms with Crippen molar-refractivity contribution in [1.82, 2.24) is 0 Å². The molecule has 2 rings (SSSR count). The molecule has 1 saturated carbocycles. The maximum absolute atomic E-state index is 4.49. The van der Waals surface area contributed by atoms with E-state index in [9.17, 15) is 0 Å². The van der Waals surface area contributed by atoms with Gasteiger partial charge in [-0.25, -0.2) is 0 Å². The first-order chi connectivity index (χ1) is 9.45. The lowest BCUT2D eigenvalue weighted by atomic mass is 9.62. The van der Waals surface area contributed by atoms with E-state index in [2.05, 4.69) is 46.4 Å². The number of allylic oxidation sites excluding steroid dienone is 5. The molecule has 0 bridgehead atoms. The Morgan fingerprint density at radius 3 is 2.75 bits per heavy atom. The fourth-order valence-corrected chi connectivity index (χ4v) is 4.43. The van der Waals surface area contributed by atoms with Crippen LogP contribution in [0, 0.1) is 17.3 Å². The Hall–Kier alpha value is -0.780. The first-order valence-corrected chi connectivity index (χ1v) is 8.42. The lowest BCUT2D eigenvalue weighted by molar-refractivity contribution is 0.140. The zero-order chi connectivity index (χ0) is 14.8. The molecule has 0 N–H and O–H groups in total. The first kappa shape index (κ1) is 15.6. The van der Waals surface area contributed by atoms with Crippen molar-refractivity contribution in [3.05, 3.63) is 35.5 Å². The van der Waals surface area contributed by atoms with Crippen molar-refractivity contribution in [3.63, 3.8) is 0 Å². The van der Waals surface area contributed by atoms with Gasteiger partial charge in [0.1, 0.15) is 0 Å². The maximum Gasteiger partial charge on any atom is -0.0143 e. The fourth-order valence-electron chi connectivity index (χ4n) is 4.43. The van der Waals surface area contributed by atoms with Gasteiger partial charge in [-0.05, 0) is 83.0 Å². The van der Waals surface area contributed by atoms with Crippen molar-refractivity contribution >= 4 is 0 Å². The third kappa shape index (κ3) is 3.10. The molecule has 0 heteroatoms. The molecule has 0 nitrogen and oxygen atoms in total. The Morgan fingerprint density at radius 2 is 2.15 bits per heavy atom. The van der Waals surface area contributed by atoms with Gasteiger partial charge in [0, 0.05) is 0 Å². The molecular weight excluding hydrogens is 240 g/mol. The number of rotatable bonds is 4. The van der Waals surface area contributed by atoms with Gasteiger partial charge in [-0.1, -0.05) is 42.4 Å². The Balaban J connectivity index is 2.06. The monoisotopic (exact) mass is 272 g/mol. The van der Waals surface area contributed by atoms with Gasteiger partial charge in [0.2, 0.25) is 0 Å². The van der Waals surface area contributed by atoms with Crippen molar-refractivity contribution in [2.24, 2.45) is 17.3 Å². The van der Waals surface area contributed by atoms with E-state index in [1.807, 2.05) is 0 Å². The SMILES string of the molecule is C=C(CCC=C(C)C)[C@@H]1CC[C@@H](C)[C@]12CC=C(C)CC2. The highest BCUT2D eigenvalue weighted by Gasteiger charge is 2.48. The molecule has 0 aliphatic heterocycles. The molecule has 2 aliphatic carbocycles. The van der Waals surface area contributed by atoms with Gasteiger partial charge in [0.25, 0.3) is 0 Å². The van der Waals surface area contributed by atoms with Crippen LogP contribution < -0.4 is 0 Å². The van der Waals surface area contributed by atoms with E-state index in [0.717, 1.165) is 11.8 Å². The molecule has 112 valence electrons. The molecule has 3 atom stereocenters. The summed E-state index contributed by atoms with van der Waals surface area (Å²) < 4.78 is 0. The van der Waals surface area contributed by atoms with Gasteiger partial charge in [-0.2, -0.15) is 0 Å². The van der Waals surface area contributed by atoms with E-state index < -0.39 is 0 Å². The van der Waals surface area contributed by atoms with Crippen LogP contribution in [0.3, 0.4) is 0 Å². The Labute approximate surface area is 126 Å². The second kappa shape index (κ2) is 6.33. The maximum atomic E-state index is 4.49. The van der Waals surface area contributed by atoms with Crippen LogP contribution in [0.25, 0.3) is 0 Å². The molecule has 0 heterocycles. The van der Waals surface area contributed by atoms with Crippen LogP contribution in [-0.4, -0.2) is 0 Å². The highest BCUT2D eigenvalue weighted by Crippen LogP contribution is 2.58. The molecular formula is C20H32. The molecule has 1 fully saturated rings. The molecule has 0 unspecified atom stereocenters. The van der Waals surface area contributed by atoms with Crippen LogP contribution in [0.4, 0.5) is 0 Å². The minimum absolute atomic E-state index is 0.543. The quantitative estimate of drug-likeness (QED) is 0.516. The summed E-state index contributed by atoms with van der Waals surface area (Å²) >= 11 is 0. The molecule has 0 radical (unpaired) electrons. The van der Waals surface area contributed by atoms with Gasteiger partial charge >= 0.3 is 0 Å². The van der Waals surface area contributed by atoms with Crippen LogP contribution in [0.5, 0.6) is 0 Å². The normalized spacial score (nSPS) is 33.1.